The Hall–Kier alpha value is -7.94. The van der Waals surface area contributed by atoms with Crippen LogP contribution < -0.4 is 4.90 Å². The highest BCUT2D eigenvalue weighted by Gasteiger charge is 2.22. The van der Waals surface area contributed by atoms with Gasteiger partial charge in [0.15, 0.2) is 0 Å². The second-order valence-electron chi connectivity index (χ2n) is 15.3. The molecule has 11 aromatic rings. The monoisotopic (exact) mass is 765 g/mol. The quantitative estimate of drug-likeness (QED) is 0.153. The average Bonchev–Trinajstić information content (AvgIpc) is 3.70. The summed E-state index contributed by atoms with van der Waals surface area (Å²) in [5.74, 6) is 0. The molecule has 1 heterocycles. The van der Waals surface area contributed by atoms with E-state index in [1.165, 1.54) is 49.7 Å². The number of fused-ring (bicyclic) bond motifs is 4. The zero-order valence-corrected chi connectivity index (χ0v) is 32.9. The third kappa shape index (κ3) is 6.41. The van der Waals surface area contributed by atoms with Crippen LogP contribution in [0.5, 0.6) is 0 Å². The molecular formula is C58H39NO. The van der Waals surface area contributed by atoms with Gasteiger partial charge in [0, 0.05) is 33.8 Å². The summed E-state index contributed by atoms with van der Waals surface area (Å²) in [6.45, 7) is 0. The Labute approximate surface area is 349 Å². The van der Waals surface area contributed by atoms with Gasteiger partial charge in [-0.25, -0.2) is 0 Å². The van der Waals surface area contributed by atoms with Crippen molar-refractivity contribution in [3.8, 4) is 55.6 Å². The van der Waals surface area contributed by atoms with Gasteiger partial charge in [0.25, 0.3) is 0 Å². The van der Waals surface area contributed by atoms with Crippen LogP contribution in [0.3, 0.4) is 0 Å². The number of nitrogens with zero attached hydrogens (tertiary/aromatic N) is 1. The number of furan rings is 1. The molecule has 1 aromatic heterocycles. The molecule has 0 aliphatic carbocycles. The second kappa shape index (κ2) is 15.1. The van der Waals surface area contributed by atoms with Crippen molar-refractivity contribution < 1.29 is 4.42 Å². The van der Waals surface area contributed by atoms with Crippen LogP contribution in [-0.4, -0.2) is 0 Å². The van der Waals surface area contributed by atoms with E-state index in [1.807, 2.05) is 12.1 Å². The van der Waals surface area contributed by atoms with E-state index < -0.39 is 0 Å². The molecule has 2 heteroatoms. The lowest BCUT2D eigenvalue weighted by Gasteiger charge is -2.29. The largest absolute Gasteiger partial charge is 0.456 e. The molecule has 0 spiro atoms. The minimum atomic E-state index is 0.854. The Morgan fingerprint density at radius 3 is 1.63 bits per heavy atom. The molecular weight excluding hydrogens is 727 g/mol. The normalized spacial score (nSPS) is 11.3. The highest BCUT2D eigenvalue weighted by atomic mass is 16.3. The molecule has 0 aliphatic heterocycles. The zero-order chi connectivity index (χ0) is 39.8. The minimum Gasteiger partial charge on any atom is -0.456 e. The number of benzene rings is 10. The van der Waals surface area contributed by atoms with Crippen molar-refractivity contribution in [3.63, 3.8) is 0 Å². The Morgan fingerprint density at radius 1 is 0.267 bits per heavy atom. The van der Waals surface area contributed by atoms with E-state index >= 15 is 0 Å². The first-order chi connectivity index (χ1) is 29.7. The standard InChI is InChI=1S/C58H39NO/c1-3-15-40(16-4-1)46-31-35-51(50-22-10-9-21-49(50)43-18-5-2-6-19-43)55(38-46)52-23-11-13-25-56(52)59(48-34-36-54-53-24-12-14-26-57(53)60-58(54)39-48)47-32-29-42(30-33-47)45-28-27-41-17-7-8-20-44(41)37-45/h1-39H. The highest BCUT2D eigenvalue weighted by molar-refractivity contribution is 6.07. The lowest BCUT2D eigenvalue weighted by molar-refractivity contribution is 0.669. The molecule has 0 amide bonds. The molecule has 0 unspecified atom stereocenters. The molecule has 0 fully saturated rings. The predicted octanol–water partition coefficient (Wildman–Crippen LogP) is 16.5. The fourth-order valence-electron chi connectivity index (χ4n) is 8.75. The molecule has 0 bridgehead atoms. The van der Waals surface area contributed by atoms with Gasteiger partial charge in [-0.15, -0.1) is 0 Å². The van der Waals surface area contributed by atoms with Crippen molar-refractivity contribution in [1.82, 2.24) is 0 Å². The number of anilines is 3. The zero-order valence-electron chi connectivity index (χ0n) is 32.9. The molecule has 0 saturated carbocycles. The molecule has 0 aliphatic rings. The average molecular weight is 766 g/mol. The van der Waals surface area contributed by atoms with Gasteiger partial charge < -0.3 is 9.32 Å². The Kier molecular flexibility index (Phi) is 8.87. The van der Waals surface area contributed by atoms with Crippen molar-refractivity contribution in [2.75, 3.05) is 4.90 Å². The lowest BCUT2D eigenvalue weighted by atomic mass is 9.86. The summed E-state index contributed by atoms with van der Waals surface area (Å²) >= 11 is 0. The van der Waals surface area contributed by atoms with Crippen LogP contribution in [0.1, 0.15) is 0 Å². The molecule has 0 saturated heterocycles. The smallest absolute Gasteiger partial charge is 0.137 e. The van der Waals surface area contributed by atoms with E-state index in [0.29, 0.717) is 0 Å². The van der Waals surface area contributed by atoms with Crippen molar-refractivity contribution in [1.29, 1.82) is 0 Å². The molecule has 0 atom stereocenters. The first kappa shape index (κ1) is 35.2. The molecule has 11 rings (SSSR count). The third-order valence-electron chi connectivity index (χ3n) is 11.7. The maximum atomic E-state index is 6.51. The molecule has 60 heavy (non-hydrogen) atoms. The molecule has 0 N–H and O–H groups in total. The van der Waals surface area contributed by atoms with Gasteiger partial charge in [-0.2, -0.15) is 0 Å². The van der Waals surface area contributed by atoms with Crippen molar-refractivity contribution in [2.45, 2.75) is 0 Å². The maximum absolute atomic E-state index is 6.51. The number of hydrogen-bond donors (Lipinski definition) is 0. The van der Waals surface area contributed by atoms with Gasteiger partial charge in [-0.1, -0.05) is 182 Å². The summed E-state index contributed by atoms with van der Waals surface area (Å²) in [6.07, 6.45) is 0. The van der Waals surface area contributed by atoms with Crippen LogP contribution >= 0.6 is 0 Å². The number of hydrogen-bond acceptors (Lipinski definition) is 2. The molecule has 10 aromatic carbocycles. The Balaban J connectivity index is 1.13. The lowest BCUT2D eigenvalue weighted by Crippen LogP contribution is -2.11. The van der Waals surface area contributed by atoms with Gasteiger partial charge >= 0.3 is 0 Å². The van der Waals surface area contributed by atoms with E-state index in [1.54, 1.807) is 0 Å². The van der Waals surface area contributed by atoms with Crippen LogP contribution in [0.15, 0.2) is 241 Å². The van der Waals surface area contributed by atoms with E-state index in [2.05, 4.69) is 229 Å². The Bertz CT molecular complexity index is 3310. The van der Waals surface area contributed by atoms with Crippen molar-refractivity contribution in [2.24, 2.45) is 0 Å². The van der Waals surface area contributed by atoms with Crippen LogP contribution in [-0.2, 0) is 0 Å². The third-order valence-corrected chi connectivity index (χ3v) is 11.7. The van der Waals surface area contributed by atoms with Gasteiger partial charge in [0.05, 0.1) is 5.69 Å². The van der Waals surface area contributed by atoms with E-state index in [-0.39, 0.29) is 0 Å². The summed E-state index contributed by atoms with van der Waals surface area (Å²) in [4.78, 5) is 2.38. The van der Waals surface area contributed by atoms with Gasteiger partial charge in [0.1, 0.15) is 11.2 Å². The SMILES string of the molecule is c1ccc(-c2ccc(-c3ccccc3-c3ccccc3)c(-c3ccccc3N(c3ccc(-c4ccc5ccccc5c4)cc3)c3ccc4c(c3)oc3ccccc34)c2)cc1. The summed E-state index contributed by atoms with van der Waals surface area (Å²) in [6, 6.07) is 85.0. The van der Waals surface area contributed by atoms with Crippen LogP contribution in [0.2, 0.25) is 0 Å². The van der Waals surface area contributed by atoms with Crippen molar-refractivity contribution >= 4 is 49.8 Å². The van der Waals surface area contributed by atoms with Crippen LogP contribution in [0.25, 0.3) is 88.3 Å². The first-order valence-corrected chi connectivity index (χ1v) is 20.5. The van der Waals surface area contributed by atoms with Gasteiger partial charge in [0.2, 0.25) is 0 Å². The van der Waals surface area contributed by atoms with Crippen LogP contribution in [0, 0.1) is 0 Å². The summed E-state index contributed by atoms with van der Waals surface area (Å²) in [7, 11) is 0. The maximum Gasteiger partial charge on any atom is 0.137 e. The van der Waals surface area contributed by atoms with E-state index in [0.717, 1.165) is 55.7 Å². The summed E-state index contributed by atoms with van der Waals surface area (Å²) in [5.41, 5.74) is 16.6. The second-order valence-corrected chi connectivity index (χ2v) is 15.3. The summed E-state index contributed by atoms with van der Waals surface area (Å²) < 4.78 is 6.51. The summed E-state index contributed by atoms with van der Waals surface area (Å²) in [5, 5.41) is 4.69. The predicted molar refractivity (Wildman–Crippen MR) is 253 cm³/mol. The molecule has 282 valence electrons. The highest BCUT2D eigenvalue weighted by Crippen LogP contribution is 2.47. The minimum absolute atomic E-state index is 0.854. The van der Waals surface area contributed by atoms with Crippen LogP contribution in [0.4, 0.5) is 17.1 Å². The number of rotatable bonds is 8. The van der Waals surface area contributed by atoms with Crippen molar-refractivity contribution in [3.05, 3.63) is 237 Å². The topological polar surface area (TPSA) is 16.4 Å². The fourth-order valence-corrected chi connectivity index (χ4v) is 8.75. The van der Waals surface area contributed by atoms with Gasteiger partial charge in [-0.3, -0.25) is 0 Å². The molecule has 2 nitrogen and oxygen atoms in total. The van der Waals surface area contributed by atoms with Gasteiger partial charge in [-0.05, 0) is 109 Å². The Morgan fingerprint density at radius 2 is 0.817 bits per heavy atom. The molecule has 0 radical (unpaired) electrons. The fraction of sp³-hybridized carbons (Fsp3) is 0. The van der Waals surface area contributed by atoms with E-state index in [9.17, 15) is 0 Å². The first-order valence-electron chi connectivity index (χ1n) is 20.5. The van der Waals surface area contributed by atoms with E-state index in [4.69, 9.17) is 4.42 Å². The number of para-hydroxylation sites is 2.